The van der Waals surface area contributed by atoms with Crippen molar-refractivity contribution in [3.05, 3.63) is 47.1 Å². The van der Waals surface area contributed by atoms with Crippen molar-refractivity contribution in [1.82, 2.24) is 0 Å². The van der Waals surface area contributed by atoms with E-state index in [1.165, 1.54) is 13.2 Å². The van der Waals surface area contributed by atoms with E-state index in [4.69, 9.17) is 16.3 Å². The van der Waals surface area contributed by atoms with E-state index < -0.39 is 11.7 Å². The van der Waals surface area contributed by atoms with Crippen molar-refractivity contribution < 1.29 is 27.7 Å². The number of aromatic nitrogens is 1. The molecule has 1 aromatic heterocycles. The number of alkyl halides is 3. The molecule has 0 bridgehead atoms. The van der Waals surface area contributed by atoms with E-state index >= 15 is 0 Å². The van der Waals surface area contributed by atoms with Gasteiger partial charge in [0.25, 0.3) is 5.82 Å². The van der Waals surface area contributed by atoms with Gasteiger partial charge in [-0.1, -0.05) is 11.6 Å². The summed E-state index contributed by atoms with van der Waals surface area (Å²) in [4.78, 5) is 17.1. The van der Waals surface area contributed by atoms with Gasteiger partial charge in [-0.05, 0) is 37.1 Å². The van der Waals surface area contributed by atoms with E-state index in [0.29, 0.717) is 48.2 Å². The molecule has 0 unspecified atom stereocenters. The van der Waals surface area contributed by atoms with Gasteiger partial charge in [0.05, 0.1) is 30.8 Å². The first-order valence-electron chi connectivity index (χ1n) is 8.76. The second kappa shape index (κ2) is 8.26. The van der Waals surface area contributed by atoms with Crippen LogP contribution in [-0.4, -0.2) is 26.1 Å². The second-order valence-corrected chi connectivity index (χ2v) is 6.97. The van der Waals surface area contributed by atoms with Crippen LogP contribution in [0.15, 0.2) is 36.5 Å². The molecular weight excluding hydrogens is 395 g/mol. The number of hydrogen-bond acceptors (Lipinski definition) is 3. The Kier molecular flexibility index (Phi) is 5.98. The number of carbonyl (C=O) groups excluding carboxylic acids is 1. The summed E-state index contributed by atoms with van der Waals surface area (Å²) >= 11 is 6.07. The van der Waals surface area contributed by atoms with Gasteiger partial charge in [-0.25, -0.2) is 4.98 Å². The molecule has 0 aliphatic carbocycles. The summed E-state index contributed by atoms with van der Waals surface area (Å²) < 4.78 is 43.1. The number of rotatable bonds is 4. The smallest absolute Gasteiger partial charge is 0.419 e. The minimum atomic E-state index is -4.37. The Bertz CT molecular complexity index is 835. The highest BCUT2D eigenvalue weighted by atomic mass is 35.5. The first kappa shape index (κ1) is 20.3. The molecule has 1 aliphatic rings. The standard InChI is InChI=1S/C19H19ClF3N3O2/c1-28-16-4-3-14(10-15(16)20)25-18(27)12-6-8-26(9-7-12)17-5-2-13(11-24-17)19(21,22)23/h2-5,10-12H,6-9H2,1H3,(H,25,27)/p+1. The Labute approximate surface area is 165 Å². The number of aromatic amines is 1. The Morgan fingerprint density at radius 2 is 1.96 bits per heavy atom. The molecule has 9 heteroatoms. The number of benzene rings is 1. The molecule has 1 saturated heterocycles. The first-order chi connectivity index (χ1) is 13.3. The minimum Gasteiger partial charge on any atom is -0.495 e. The lowest BCUT2D eigenvalue weighted by molar-refractivity contribution is -0.367. The summed E-state index contributed by atoms with van der Waals surface area (Å²) in [6, 6.07) is 7.50. The molecule has 1 aromatic carbocycles. The number of H-pyrrole nitrogens is 1. The molecule has 2 heterocycles. The zero-order chi connectivity index (χ0) is 20.3. The van der Waals surface area contributed by atoms with Gasteiger partial charge < -0.3 is 10.1 Å². The SMILES string of the molecule is COc1ccc(NC(=O)C2CCN(c3ccc(C(F)(F)F)c[nH+]3)CC2)cc1Cl. The number of carbonyl (C=O) groups is 1. The van der Waals surface area contributed by atoms with Crippen LogP contribution < -0.4 is 19.9 Å². The fraction of sp³-hybridized carbons (Fsp3) is 0.368. The Balaban J connectivity index is 1.56. The number of amides is 1. The summed E-state index contributed by atoms with van der Waals surface area (Å²) in [5.74, 6) is 0.860. The molecule has 1 aliphatic heterocycles. The topological polar surface area (TPSA) is 55.7 Å². The average Bonchev–Trinajstić information content (AvgIpc) is 2.68. The summed E-state index contributed by atoms with van der Waals surface area (Å²) in [7, 11) is 1.52. The van der Waals surface area contributed by atoms with E-state index in [0.717, 1.165) is 12.3 Å². The predicted molar refractivity (Wildman–Crippen MR) is 99.6 cm³/mol. The molecule has 3 rings (SSSR count). The van der Waals surface area contributed by atoms with Crippen molar-refractivity contribution >= 4 is 29.0 Å². The van der Waals surface area contributed by atoms with E-state index in [9.17, 15) is 18.0 Å². The molecule has 0 spiro atoms. The van der Waals surface area contributed by atoms with Crippen LogP contribution in [0.4, 0.5) is 24.7 Å². The zero-order valence-corrected chi connectivity index (χ0v) is 15.9. The van der Waals surface area contributed by atoms with Crippen molar-refractivity contribution in [3.8, 4) is 5.75 Å². The molecule has 150 valence electrons. The Hall–Kier alpha value is -2.48. The van der Waals surface area contributed by atoms with E-state index in [2.05, 4.69) is 10.3 Å². The lowest BCUT2D eigenvalue weighted by atomic mass is 9.95. The predicted octanol–water partition coefficient (Wildman–Crippen LogP) is 4.04. The summed E-state index contributed by atoms with van der Waals surface area (Å²) in [5.41, 5.74) is -0.127. The van der Waals surface area contributed by atoms with Gasteiger partial charge in [0.2, 0.25) is 5.91 Å². The lowest BCUT2D eigenvalue weighted by Crippen LogP contribution is -2.40. The van der Waals surface area contributed by atoms with Gasteiger partial charge in [-0.15, -0.1) is 0 Å². The summed E-state index contributed by atoms with van der Waals surface area (Å²) in [6.07, 6.45) is -2.21. The number of pyridine rings is 1. The normalized spacial score (nSPS) is 15.4. The van der Waals surface area contributed by atoms with Gasteiger partial charge >= 0.3 is 6.18 Å². The summed E-state index contributed by atoms with van der Waals surface area (Å²) in [5, 5.41) is 3.26. The third-order valence-corrected chi connectivity index (χ3v) is 5.04. The maximum absolute atomic E-state index is 12.7. The maximum Gasteiger partial charge on any atom is 0.419 e. The number of methoxy groups -OCH3 is 1. The highest BCUT2D eigenvalue weighted by Gasteiger charge is 2.33. The van der Waals surface area contributed by atoms with Crippen molar-refractivity contribution in [3.63, 3.8) is 0 Å². The third kappa shape index (κ3) is 4.67. The maximum atomic E-state index is 12.7. The van der Waals surface area contributed by atoms with Gasteiger partial charge in [-0.3, -0.25) is 9.69 Å². The number of nitrogens with one attached hydrogen (secondary N) is 2. The van der Waals surface area contributed by atoms with Crippen LogP contribution in [0, 0.1) is 5.92 Å². The number of anilines is 2. The average molecular weight is 415 g/mol. The van der Waals surface area contributed by atoms with Crippen LogP contribution in [0.3, 0.4) is 0 Å². The molecule has 0 radical (unpaired) electrons. The molecule has 0 saturated carbocycles. The molecule has 1 amide bonds. The Morgan fingerprint density at radius 3 is 2.50 bits per heavy atom. The van der Waals surface area contributed by atoms with E-state index in [-0.39, 0.29) is 11.8 Å². The third-order valence-electron chi connectivity index (χ3n) is 4.75. The molecule has 5 nitrogen and oxygen atoms in total. The molecule has 0 atom stereocenters. The second-order valence-electron chi connectivity index (χ2n) is 6.56. The van der Waals surface area contributed by atoms with Crippen LogP contribution in [-0.2, 0) is 11.0 Å². The highest BCUT2D eigenvalue weighted by Crippen LogP contribution is 2.30. The highest BCUT2D eigenvalue weighted by molar-refractivity contribution is 6.32. The number of hydrogen-bond donors (Lipinski definition) is 1. The van der Waals surface area contributed by atoms with Crippen molar-refractivity contribution in [2.75, 3.05) is 30.4 Å². The van der Waals surface area contributed by atoms with Crippen molar-refractivity contribution in [2.45, 2.75) is 19.0 Å². The largest absolute Gasteiger partial charge is 0.495 e. The monoisotopic (exact) mass is 414 g/mol. The number of piperidine rings is 1. The fourth-order valence-electron chi connectivity index (χ4n) is 3.16. The molecule has 2 N–H and O–H groups in total. The molecule has 1 fully saturated rings. The number of nitrogens with zero attached hydrogens (tertiary/aromatic N) is 1. The number of halogens is 4. The Morgan fingerprint density at radius 1 is 1.25 bits per heavy atom. The van der Waals surface area contributed by atoms with Crippen molar-refractivity contribution in [1.29, 1.82) is 0 Å². The molecule has 2 aromatic rings. The van der Waals surface area contributed by atoms with Gasteiger partial charge in [-0.2, -0.15) is 13.2 Å². The van der Waals surface area contributed by atoms with Crippen LogP contribution in [0.5, 0.6) is 5.75 Å². The van der Waals surface area contributed by atoms with Gasteiger partial charge in [0, 0.05) is 17.7 Å². The van der Waals surface area contributed by atoms with Gasteiger partial charge in [0.15, 0.2) is 0 Å². The lowest BCUT2D eigenvalue weighted by Gasteiger charge is -2.27. The van der Waals surface area contributed by atoms with Crippen LogP contribution in [0.1, 0.15) is 18.4 Å². The number of ether oxygens (including phenoxy) is 1. The quantitative estimate of drug-likeness (QED) is 0.821. The van der Waals surface area contributed by atoms with E-state index in [1.807, 2.05) is 4.90 Å². The minimum absolute atomic E-state index is 0.0997. The van der Waals surface area contributed by atoms with E-state index in [1.54, 1.807) is 18.2 Å². The fourth-order valence-corrected chi connectivity index (χ4v) is 3.42. The van der Waals surface area contributed by atoms with Crippen molar-refractivity contribution in [2.24, 2.45) is 5.92 Å². The van der Waals surface area contributed by atoms with Crippen LogP contribution in [0.25, 0.3) is 0 Å². The zero-order valence-electron chi connectivity index (χ0n) is 15.1. The van der Waals surface area contributed by atoms with Crippen LogP contribution >= 0.6 is 11.6 Å². The molecule has 28 heavy (non-hydrogen) atoms. The first-order valence-corrected chi connectivity index (χ1v) is 9.14. The van der Waals surface area contributed by atoms with Gasteiger partial charge in [0.1, 0.15) is 11.9 Å². The van der Waals surface area contributed by atoms with Crippen LogP contribution in [0.2, 0.25) is 5.02 Å². The molecular formula is C19H20ClF3N3O2+. The summed E-state index contributed by atoms with van der Waals surface area (Å²) in [6.45, 7) is 1.15.